The number of methoxy groups -OCH3 is 2. The highest BCUT2D eigenvalue weighted by atomic mass is 32.1. The van der Waals surface area contributed by atoms with Crippen molar-refractivity contribution in [1.82, 2.24) is 0 Å². The van der Waals surface area contributed by atoms with E-state index in [1.165, 1.54) is 43.8 Å². The second kappa shape index (κ2) is 9.42. The lowest BCUT2D eigenvalue weighted by molar-refractivity contribution is -0.0512. The van der Waals surface area contributed by atoms with Crippen LogP contribution in [-0.4, -0.2) is 32.7 Å². The van der Waals surface area contributed by atoms with Crippen LogP contribution in [0.5, 0.6) is 11.5 Å². The van der Waals surface area contributed by atoms with Crippen molar-refractivity contribution in [3.63, 3.8) is 0 Å². The number of nitrogens with one attached hydrogen (secondary N) is 1. The van der Waals surface area contributed by atoms with Gasteiger partial charge in [0.2, 0.25) is 0 Å². The second-order valence-corrected chi connectivity index (χ2v) is 8.02. The lowest BCUT2D eigenvalue weighted by Gasteiger charge is -2.20. The number of carbonyl (C=O) groups excluding carboxylic acids is 2. The van der Waals surface area contributed by atoms with Crippen LogP contribution in [0.15, 0.2) is 18.2 Å². The average molecular weight is 439 g/mol. The van der Waals surface area contributed by atoms with E-state index in [1.54, 1.807) is 0 Å². The molecule has 0 fully saturated rings. The molecule has 0 spiro atoms. The van der Waals surface area contributed by atoms with E-state index in [2.05, 4.69) is 17.0 Å². The van der Waals surface area contributed by atoms with Crippen molar-refractivity contribution >= 4 is 28.2 Å². The van der Waals surface area contributed by atoms with Gasteiger partial charge in [-0.25, -0.2) is 4.79 Å². The van der Waals surface area contributed by atoms with E-state index in [0.717, 1.165) is 36.1 Å². The van der Waals surface area contributed by atoms with Gasteiger partial charge in [-0.05, 0) is 48.9 Å². The van der Waals surface area contributed by atoms with Gasteiger partial charge >= 0.3 is 12.6 Å². The minimum Gasteiger partial charge on any atom is -0.493 e. The lowest BCUT2D eigenvalue weighted by atomic mass is 9.85. The van der Waals surface area contributed by atoms with Crippen LogP contribution < -0.4 is 14.8 Å². The summed E-state index contributed by atoms with van der Waals surface area (Å²) < 4.78 is 39.4. The molecule has 1 atom stereocenters. The molecule has 6 nitrogen and oxygen atoms in total. The number of thiophene rings is 1. The molecule has 162 valence electrons. The summed E-state index contributed by atoms with van der Waals surface area (Å²) in [5.41, 5.74) is 1.51. The first-order valence-corrected chi connectivity index (χ1v) is 10.4. The predicted molar refractivity (Wildman–Crippen MR) is 109 cm³/mol. The highest BCUT2D eigenvalue weighted by molar-refractivity contribution is 7.17. The molecule has 1 amide bonds. The van der Waals surface area contributed by atoms with Crippen molar-refractivity contribution in [2.45, 2.75) is 39.2 Å². The van der Waals surface area contributed by atoms with Gasteiger partial charge in [-0.3, -0.25) is 4.79 Å². The number of ether oxygens (including phenoxy) is 3. The number of halogens is 2. The van der Waals surface area contributed by atoms with Gasteiger partial charge in [-0.15, -0.1) is 11.3 Å². The Morgan fingerprint density at radius 1 is 1.27 bits per heavy atom. The minimum absolute atomic E-state index is 0.00685. The van der Waals surface area contributed by atoms with Crippen LogP contribution in [0.3, 0.4) is 0 Å². The van der Waals surface area contributed by atoms with Crippen LogP contribution in [0.4, 0.5) is 13.8 Å². The van der Waals surface area contributed by atoms with Crippen molar-refractivity contribution in [2.24, 2.45) is 5.92 Å². The molecule has 0 radical (unpaired) electrons. The number of anilines is 1. The molecule has 0 saturated heterocycles. The van der Waals surface area contributed by atoms with E-state index in [9.17, 15) is 18.4 Å². The first kappa shape index (κ1) is 22.0. The Morgan fingerprint density at radius 2 is 2.03 bits per heavy atom. The SMILES string of the molecule is CC[C@H]1CCc2c(sc(NC(=O)c3ccc(OC(F)F)c(OC)c3)c2C(=O)OC)C1. The molecule has 2 aromatic rings. The zero-order chi connectivity index (χ0) is 21.8. The monoisotopic (exact) mass is 439 g/mol. The van der Waals surface area contributed by atoms with Gasteiger partial charge in [0.25, 0.3) is 5.91 Å². The molecular weight excluding hydrogens is 416 g/mol. The average Bonchev–Trinajstić information content (AvgIpc) is 3.09. The molecule has 1 aromatic carbocycles. The number of hydrogen-bond acceptors (Lipinski definition) is 6. The molecule has 0 aliphatic heterocycles. The lowest BCUT2D eigenvalue weighted by Crippen LogP contribution is -2.16. The Kier molecular flexibility index (Phi) is 6.91. The summed E-state index contributed by atoms with van der Waals surface area (Å²) >= 11 is 1.38. The summed E-state index contributed by atoms with van der Waals surface area (Å²) in [4.78, 5) is 26.3. The fourth-order valence-corrected chi connectivity index (χ4v) is 4.93. The number of hydrogen-bond donors (Lipinski definition) is 1. The fraction of sp³-hybridized carbons (Fsp3) is 0.429. The maximum Gasteiger partial charge on any atom is 0.387 e. The smallest absolute Gasteiger partial charge is 0.387 e. The molecule has 1 N–H and O–H groups in total. The molecule has 1 aliphatic rings. The highest BCUT2D eigenvalue weighted by Gasteiger charge is 2.30. The molecule has 0 bridgehead atoms. The summed E-state index contributed by atoms with van der Waals surface area (Å²) in [7, 11) is 2.60. The number of amides is 1. The van der Waals surface area contributed by atoms with Crippen molar-refractivity contribution in [2.75, 3.05) is 19.5 Å². The third-order valence-electron chi connectivity index (χ3n) is 5.20. The first-order chi connectivity index (χ1) is 14.4. The summed E-state index contributed by atoms with van der Waals surface area (Å²) in [6.07, 6.45) is 3.67. The second-order valence-electron chi connectivity index (χ2n) is 6.91. The van der Waals surface area contributed by atoms with Crippen molar-refractivity contribution in [3.8, 4) is 11.5 Å². The van der Waals surface area contributed by atoms with Gasteiger partial charge in [0, 0.05) is 10.4 Å². The largest absolute Gasteiger partial charge is 0.493 e. The van der Waals surface area contributed by atoms with E-state index < -0.39 is 18.5 Å². The Balaban J connectivity index is 1.89. The molecule has 0 saturated carbocycles. The number of alkyl halides is 2. The molecule has 9 heteroatoms. The summed E-state index contributed by atoms with van der Waals surface area (Å²) in [5, 5.41) is 3.21. The zero-order valence-corrected chi connectivity index (χ0v) is 17.7. The van der Waals surface area contributed by atoms with E-state index in [1.807, 2.05) is 0 Å². The third kappa shape index (κ3) is 4.56. The van der Waals surface area contributed by atoms with Crippen LogP contribution in [0.1, 0.15) is 50.9 Å². The van der Waals surface area contributed by atoms with E-state index in [0.29, 0.717) is 16.5 Å². The topological polar surface area (TPSA) is 73.9 Å². The van der Waals surface area contributed by atoms with Crippen LogP contribution in [0, 0.1) is 5.92 Å². The maximum atomic E-state index is 12.8. The van der Waals surface area contributed by atoms with Gasteiger partial charge < -0.3 is 19.5 Å². The van der Waals surface area contributed by atoms with Crippen molar-refractivity contribution in [1.29, 1.82) is 0 Å². The van der Waals surface area contributed by atoms with Crippen LogP contribution in [0.2, 0.25) is 0 Å². The van der Waals surface area contributed by atoms with Gasteiger partial charge in [0.15, 0.2) is 11.5 Å². The maximum absolute atomic E-state index is 12.8. The molecule has 1 aromatic heterocycles. The number of fused-ring (bicyclic) bond motifs is 1. The number of esters is 1. The predicted octanol–water partition coefficient (Wildman–Crippen LogP) is 4.91. The minimum atomic E-state index is -3.01. The van der Waals surface area contributed by atoms with Crippen molar-refractivity contribution < 1.29 is 32.6 Å². The van der Waals surface area contributed by atoms with Gasteiger partial charge in [-0.2, -0.15) is 8.78 Å². The summed E-state index contributed by atoms with van der Waals surface area (Å²) in [6.45, 7) is -0.868. The summed E-state index contributed by atoms with van der Waals surface area (Å²) in [5.74, 6) is -0.593. The number of benzene rings is 1. The first-order valence-electron chi connectivity index (χ1n) is 9.54. The number of carbonyl (C=O) groups is 2. The Bertz CT molecular complexity index is 944. The molecule has 0 unspecified atom stereocenters. The van der Waals surface area contributed by atoms with Crippen LogP contribution in [-0.2, 0) is 17.6 Å². The molecule has 1 heterocycles. The van der Waals surface area contributed by atoms with Crippen LogP contribution in [0.25, 0.3) is 0 Å². The van der Waals surface area contributed by atoms with Gasteiger partial charge in [0.1, 0.15) is 5.00 Å². The molecule has 1 aliphatic carbocycles. The van der Waals surface area contributed by atoms with E-state index >= 15 is 0 Å². The van der Waals surface area contributed by atoms with Gasteiger partial charge in [0.05, 0.1) is 19.8 Å². The van der Waals surface area contributed by atoms with Gasteiger partial charge in [-0.1, -0.05) is 13.3 Å². The normalized spacial score (nSPS) is 15.5. The van der Waals surface area contributed by atoms with Crippen molar-refractivity contribution in [3.05, 3.63) is 39.8 Å². The highest BCUT2D eigenvalue weighted by Crippen LogP contribution is 2.41. The quantitative estimate of drug-likeness (QED) is 0.621. The standard InChI is InChI=1S/C21H23F2NO5S/c1-4-11-5-7-13-16(9-11)30-19(17(13)20(26)28-3)24-18(25)12-6-8-14(29-21(22)23)15(10-12)27-2/h6,8,10-11,21H,4-5,7,9H2,1-3H3,(H,24,25)/t11-/m0/s1. The number of rotatable bonds is 7. The molecular formula is C21H23F2NO5S. The molecule has 30 heavy (non-hydrogen) atoms. The fourth-order valence-electron chi connectivity index (χ4n) is 3.59. The zero-order valence-electron chi connectivity index (χ0n) is 16.9. The summed E-state index contributed by atoms with van der Waals surface area (Å²) in [6, 6.07) is 3.91. The Labute approximate surface area is 177 Å². The van der Waals surface area contributed by atoms with E-state index in [-0.39, 0.29) is 17.1 Å². The van der Waals surface area contributed by atoms with E-state index in [4.69, 9.17) is 9.47 Å². The van der Waals surface area contributed by atoms with Crippen LogP contribution >= 0.6 is 11.3 Å². The third-order valence-corrected chi connectivity index (χ3v) is 6.37. The molecule has 3 rings (SSSR count). The Morgan fingerprint density at radius 3 is 2.67 bits per heavy atom. The Hall–Kier alpha value is -2.68.